The Morgan fingerprint density at radius 2 is 1.88 bits per heavy atom. The predicted octanol–water partition coefficient (Wildman–Crippen LogP) is 4.73. The highest BCUT2D eigenvalue weighted by Crippen LogP contribution is 2.26. The molecule has 0 spiro atoms. The Morgan fingerprint density at radius 3 is 2.58 bits per heavy atom. The summed E-state index contributed by atoms with van der Waals surface area (Å²) in [5.74, 6) is 0.699. The summed E-state index contributed by atoms with van der Waals surface area (Å²) in [5.41, 5.74) is 3.44. The number of piperidine rings is 1. The van der Waals surface area contributed by atoms with E-state index in [2.05, 4.69) is 42.0 Å². The second-order valence-electron chi connectivity index (χ2n) is 8.07. The lowest BCUT2D eigenvalue weighted by molar-refractivity contribution is 0.102. The standard InChI is InChI=1S/C22H28N3O/c1-16-11-12-19(20(23-16)25-13-6-5-7-14-25)21(26)24-18-10-8-9-17(15-18)22(2,3)4/h8,10-12,15H,5-7,13-14H2,1-4H3,(H,24,26). The van der Waals surface area contributed by atoms with Gasteiger partial charge in [-0.2, -0.15) is 0 Å². The highest BCUT2D eigenvalue weighted by molar-refractivity contribution is 6.07. The molecular formula is C22H28N3O. The van der Waals surface area contributed by atoms with E-state index < -0.39 is 0 Å². The molecule has 2 aromatic rings. The van der Waals surface area contributed by atoms with Crippen LogP contribution in [-0.2, 0) is 5.41 Å². The number of nitrogens with one attached hydrogen (secondary N) is 1. The third-order valence-corrected chi connectivity index (χ3v) is 4.78. The van der Waals surface area contributed by atoms with Crippen LogP contribution in [0.1, 0.15) is 61.6 Å². The first-order valence-electron chi connectivity index (χ1n) is 9.41. The minimum Gasteiger partial charge on any atom is -0.356 e. The Morgan fingerprint density at radius 1 is 1.15 bits per heavy atom. The number of rotatable bonds is 3. The Labute approximate surface area is 156 Å². The first kappa shape index (κ1) is 18.4. The molecule has 26 heavy (non-hydrogen) atoms. The van der Waals surface area contributed by atoms with Crippen molar-refractivity contribution in [2.24, 2.45) is 0 Å². The maximum atomic E-state index is 13.0. The lowest BCUT2D eigenvalue weighted by atomic mass is 9.87. The molecule has 137 valence electrons. The zero-order valence-corrected chi connectivity index (χ0v) is 16.2. The van der Waals surface area contributed by atoms with Crippen LogP contribution in [0, 0.1) is 13.0 Å². The first-order chi connectivity index (χ1) is 12.3. The molecule has 0 bridgehead atoms. The zero-order chi connectivity index (χ0) is 18.7. The fourth-order valence-corrected chi connectivity index (χ4v) is 3.24. The van der Waals surface area contributed by atoms with Gasteiger partial charge < -0.3 is 10.2 Å². The first-order valence-corrected chi connectivity index (χ1v) is 9.41. The second-order valence-corrected chi connectivity index (χ2v) is 8.07. The molecule has 0 aliphatic carbocycles. The number of anilines is 2. The molecule has 1 aromatic heterocycles. The van der Waals surface area contributed by atoms with Gasteiger partial charge in [0.05, 0.1) is 5.56 Å². The molecular weight excluding hydrogens is 322 g/mol. The summed E-state index contributed by atoms with van der Waals surface area (Å²) in [7, 11) is 0. The lowest BCUT2D eigenvalue weighted by Crippen LogP contribution is -2.32. The summed E-state index contributed by atoms with van der Waals surface area (Å²) in [6.07, 6.45) is 3.56. The van der Waals surface area contributed by atoms with Gasteiger partial charge in [0.25, 0.3) is 5.91 Å². The topological polar surface area (TPSA) is 45.2 Å². The number of carbonyl (C=O) groups is 1. The largest absolute Gasteiger partial charge is 0.356 e. The summed E-state index contributed by atoms with van der Waals surface area (Å²) in [6, 6.07) is 12.8. The van der Waals surface area contributed by atoms with Crippen molar-refractivity contribution in [3.8, 4) is 0 Å². The van der Waals surface area contributed by atoms with E-state index in [1.807, 2.05) is 37.3 Å². The number of amides is 1. The number of pyridine rings is 1. The van der Waals surface area contributed by atoms with Crippen LogP contribution in [0.5, 0.6) is 0 Å². The number of carbonyl (C=O) groups excluding carboxylic acids is 1. The number of aromatic nitrogens is 1. The maximum absolute atomic E-state index is 13.0. The molecule has 2 heterocycles. The van der Waals surface area contributed by atoms with E-state index in [0.29, 0.717) is 5.56 Å². The molecule has 1 aliphatic rings. The van der Waals surface area contributed by atoms with Gasteiger partial charge in [-0.25, -0.2) is 4.98 Å². The van der Waals surface area contributed by atoms with Crippen molar-refractivity contribution in [2.45, 2.75) is 52.4 Å². The molecule has 3 rings (SSSR count). The molecule has 1 saturated heterocycles. The number of hydrogen-bond acceptors (Lipinski definition) is 3. The van der Waals surface area contributed by atoms with Crippen molar-refractivity contribution in [1.82, 2.24) is 4.98 Å². The van der Waals surface area contributed by atoms with E-state index in [0.717, 1.165) is 48.7 Å². The van der Waals surface area contributed by atoms with Crippen molar-refractivity contribution in [3.05, 3.63) is 53.2 Å². The minimum absolute atomic E-state index is 0.00882. The summed E-state index contributed by atoms with van der Waals surface area (Å²) < 4.78 is 0. The highest BCUT2D eigenvalue weighted by atomic mass is 16.1. The molecule has 1 aliphatic heterocycles. The van der Waals surface area contributed by atoms with Crippen LogP contribution in [0.2, 0.25) is 0 Å². The van der Waals surface area contributed by atoms with E-state index >= 15 is 0 Å². The zero-order valence-electron chi connectivity index (χ0n) is 16.2. The fourth-order valence-electron chi connectivity index (χ4n) is 3.24. The van der Waals surface area contributed by atoms with Crippen molar-refractivity contribution in [1.29, 1.82) is 0 Å². The number of benzene rings is 1. The van der Waals surface area contributed by atoms with E-state index in [1.165, 1.54) is 6.42 Å². The molecule has 1 radical (unpaired) electrons. The van der Waals surface area contributed by atoms with Crippen LogP contribution < -0.4 is 10.2 Å². The third-order valence-electron chi connectivity index (χ3n) is 4.78. The van der Waals surface area contributed by atoms with Gasteiger partial charge in [-0.15, -0.1) is 0 Å². The van der Waals surface area contributed by atoms with Gasteiger partial charge in [-0.3, -0.25) is 4.79 Å². The van der Waals surface area contributed by atoms with Gasteiger partial charge >= 0.3 is 0 Å². The quantitative estimate of drug-likeness (QED) is 0.870. The molecule has 1 fully saturated rings. The van der Waals surface area contributed by atoms with Crippen LogP contribution in [0.15, 0.2) is 30.3 Å². The minimum atomic E-state index is -0.107. The molecule has 1 N–H and O–H groups in total. The van der Waals surface area contributed by atoms with Crippen LogP contribution in [0.25, 0.3) is 0 Å². The van der Waals surface area contributed by atoms with E-state index in [-0.39, 0.29) is 11.3 Å². The maximum Gasteiger partial charge on any atom is 0.259 e. The van der Waals surface area contributed by atoms with Gasteiger partial charge in [0.15, 0.2) is 0 Å². The SMILES string of the molecule is Cc1ccc(C(=O)Nc2cc[c]c(C(C)(C)C)c2)c(N2CCCCC2)n1. The van der Waals surface area contributed by atoms with Crippen molar-refractivity contribution < 1.29 is 4.79 Å². The normalized spacial score (nSPS) is 15.0. The van der Waals surface area contributed by atoms with Crippen LogP contribution in [0.4, 0.5) is 11.5 Å². The summed E-state index contributed by atoms with van der Waals surface area (Å²) in [5, 5.41) is 3.04. The monoisotopic (exact) mass is 350 g/mol. The number of aryl methyl sites for hydroxylation is 1. The molecule has 0 atom stereocenters. The van der Waals surface area contributed by atoms with Crippen LogP contribution >= 0.6 is 0 Å². The summed E-state index contributed by atoms with van der Waals surface area (Å²) >= 11 is 0. The highest BCUT2D eigenvalue weighted by Gasteiger charge is 2.21. The van der Waals surface area contributed by atoms with E-state index in [4.69, 9.17) is 0 Å². The Kier molecular flexibility index (Phi) is 5.30. The van der Waals surface area contributed by atoms with Crippen LogP contribution in [0.3, 0.4) is 0 Å². The van der Waals surface area contributed by atoms with Gasteiger partial charge in [-0.05, 0) is 67.5 Å². The molecule has 0 saturated carbocycles. The van der Waals surface area contributed by atoms with E-state index in [9.17, 15) is 4.79 Å². The smallest absolute Gasteiger partial charge is 0.259 e. The fraction of sp³-hybridized carbons (Fsp3) is 0.455. The molecule has 1 aromatic carbocycles. The summed E-state index contributed by atoms with van der Waals surface area (Å²) in [4.78, 5) is 19.9. The van der Waals surface area contributed by atoms with E-state index in [1.54, 1.807) is 0 Å². The van der Waals surface area contributed by atoms with Crippen molar-refractivity contribution in [3.63, 3.8) is 0 Å². The lowest BCUT2D eigenvalue weighted by Gasteiger charge is -2.29. The third kappa shape index (κ3) is 4.24. The number of nitrogens with zero attached hydrogens (tertiary/aromatic N) is 2. The van der Waals surface area contributed by atoms with Crippen molar-refractivity contribution >= 4 is 17.4 Å². The molecule has 0 unspecified atom stereocenters. The Balaban J connectivity index is 1.86. The number of hydrogen-bond donors (Lipinski definition) is 1. The van der Waals surface area contributed by atoms with Crippen LogP contribution in [-0.4, -0.2) is 24.0 Å². The second kappa shape index (κ2) is 7.48. The Bertz CT molecular complexity index is 786. The Hall–Kier alpha value is -2.36. The van der Waals surface area contributed by atoms with Gasteiger partial charge in [0.2, 0.25) is 0 Å². The van der Waals surface area contributed by atoms with Gasteiger partial charge in [0.1, 0.15) is 5.82 Å². The molecule has 4 nitrogen and oxygen atoms in total. The average Bonchev–Trinajstić information content (AvgIpc) is 2.62. The molecule has 1 amide bonds. The van der Waals surface area contributed by atoms with Gasteiger partial charge in [0, 0.05) is 24.5 Å². The average molecular weight is 350 g/mol. The van der Waals surface area contributed by atoms with Gasteiger partial charge in [-0.1, -0.05) is 26.8 Å². The molecule has 4 heteroatoms. The predicted molar refractivity (Wildman–Crippen MR) is 107 cm³/mol. The summed E-state index contributed by atoms with van der Waals surface area (Å²) in [6.45, 7) is 10.3. The van der Waals surface area contributed by atoms with Crippen molar-refractivity contribution in [2.75, 3.05) is 23.3 Å².